The fourth-order valence-electron chi connectivity index (χ4n) is 2.81. The third kappa shape index (κ3) is 7.79. The van der Waals surface area contributed by atoms with Gasteiger partial charge in [0, 0.05) is 32.1 Å². The molecule has 142 valence electrons. The molecule has 0 bridgehead atoms. The Hall–Kier alpha value is -1.06. The van der Waals surface area contributed by atoms with Crippen molar-refractivity contribution in [3.63, 3.8) is 0 Å². The first-order chi connectivity index (χ1) is 11.7. The largest absolute Gasteiger partial charge is 0.496 e. The Balaban J connectivity index is 0.00000312. The van der Waals surface area contributed by atoms with Gasteiger partial charge in [-0.15, -0.1) is 24.0 Å². The van der Waals surface area contributed by atoms with Crippen molar-refractivity contribution in [2.75, 3.05) is 53.0 Å². The molecule has 1 saturated heterocycles. The van der Waals surface area contributed by atoms with Crippen LogP contribution in [0.25, 0.3) is 0 Å². The van der Waals surface area contributed by atoms with Gasteiger partial charge < -0.3 is 20.5 Å². The van der Waals surface area contributed by atoms with E-state index >= 15 is 0 Å². The summed E-state index contributed by atoms with van der Waals surface area (Å²) in [6.07, 6.45) is 1.05. The van der Waals surface area contributed by atoms with Crippen LogP contribution in [0.5, 0.6) is 5.75 Å². The first-order valence-electron chi connectivity index (χ1n) is 8.67. The van der Waals surface area contributed by atoms with Gasteiger partial charge in [0.25, 0.3) is 0 Å². The molecule has 6 nitrogen and oxygen atoms in total. The van der Waals surface area contributed by atoms with Gasteiger partial charge in [0.2, 0.25) is 0 Å². The van der Waals surface area contributed by atoms with Crippen molar-refractivity contribution >= 4 is 29.9 Å². The summed E-state index contributed by atoms with van der Waals surface area (Å²) < 4.78 is 10.7. The molecule has 7 heteroatoms. The molecular formula is C18H31IN4O2. The number of para-hydroxylation sites is 1. The molecule has 1 atom stereocenters. The molecule has 1 aromatic rings. The summed E-state index contributed by atoms with van der Waals surface area (Å²) >= 11 is 0. The molecule has 0 radical (unpaired) electrons. The topological polar surface area (TPSA) is 72.1 Å². The van der Waals surface area contributed by atoms with E-state index in [1.54, 1.807) is 7.11 Å². The van der Waals surface area contributed by atoms with E-state index in [9.17, 15) is 0 Å². The monoisotopic (exact) mass is 462 g/mol. The SMILES string of the molecule is COc1ccccc1C(C)CN=C(N)NCCCN1CCOCC1.I. The molecule has 0 saturated carbocycles. The molecule has 1 fully saturated rings. The van der Waals surface area contributed by atoms with Gasteiger partial charge in [-0.25, -0.2) is 0 Å². The summed E-state index contributed by atoms with van der Waals surface area (Å²) in [5, 5.41) is 3.20. The fourth-order valence-corrected chi connectivity index (χ4v) is 2.81. The molecule has 0 amide bonds. The average Bonchev–Trinajstić information content (AvgIpc) is 2.64. The Morgan fingerprint density at radius 3 is 2.80 bits per heavy atom. The molecule has 0 spiro atoms. The zero-order valence-electron chi connectivity index (χ0n) is 15.2. The van der Waals surface area contributed by atoms with Crippen LogP contribution in [0.2, 0.25) is 0 Å². The molecule has 1 unspecified atom stereocenters. The summed E-state index contributed by atoms with van der Waals surface area (Å²) in [4.78, 5) is 6.87. The molecule has 2 rings (SSSR count). The lowest BCUT2D eigenvalue weighted by Crippen LogP contribution is -2.39. The predicted molar refractivity (Wildman–Crippen MR) is 113 cm³/mol. The van der Waals surface area contributed by atoms with Crippen molar-refractivity contribution in [3.8, 4) is 5.75 Å². The third-order valence-electron chi connectivity index (χ3n) is 4.27. The molecule has 0 aliphatic carbocycles. The van der Waals surface area contributed by atoms with Gasteiger partial charge in [-0.05, 0) is 24.6 Å². The maximum atomic E-state index is 5.96. The van der Waals surface area contributed by atoms with Gasteiger partial charge in [-0.2, -0.15) is 0 Å². The number of hydrogen-bond acceptors (Lipinski definition) is 4. The van der Waals surface area contributed by atoms with Crippen molar-refractivity contribution < 1.29 is 9.47 Å². The van der Waals surface area contributed by atoms with E-state index in [1.165, 1.54) is 0 Å². The van der Waals surface area contributed by atoms with Gasteiger partial charge in [-0.3, -0.25) is 9.89 Å². The minimum absolute atomic E-state index is 0. The second-order valence-corrected chi connectivity index (χ2v) is 6.10. The number of methoxy groups -OCH3 is 1. The predicted octanol–water partition coefficient (Wildman–Crippen LogP) is 2.04. The molecule has 1 heterocycles. The van der Waals surface area contributed by atoms with E-state index in [2.05, 4.69) is 28.2 Å². The van der Waals surface area contributed by atoms with Crippen LogP contribution in [0.1, 0.15) is 24.8 Å². The molecule has 1 aliphatic rings. The van der Waals surface area contributed by atoms with Crippen LogP contribution >= 0.6 is 24.0 Å². The van der Waals surface area contributed by atoms with E-state index in [1.807, 2.05) is 18.2 Å². The Labute approximate surface area is 168 Å². The lowest BCUT2D eigenvalue weighted by atomic mass is 10.0. The van der Waals surface area contributed by atoms with E-state index in [4.69, 9.17) is 15.2 Å². The van der Waals surface area contributed by atoms with E-state index in [0.29, 0.717) is 12.5 Å². The van der Waals surface area contributed by atoms with Gasteiger partial charge >= 0.3 is 0 Å². The van der Waals surface area contributed by atoms with Crippen molar-refractivity contribution in [1.29, 1.82) is 0 Å². The van der Waals surface area contributed by atoms with Crippen molar-refractivity contribution in [2.45, 2.75) is 19.3 Å². The minimum Gasteiger partial charge on any atom is -0.496 e. The standard InChI is InChI=1S/C18H30N4O2.HI/c1-15(16-6-3-4-7-17(16)23-2)14-21-18(19)20-8-5-9-22-10-12-24-13-11-22;/h3-4,6-7,15H,5,8-14H2,1-2H3,(H3,19,20,21);1H. The summed E-state index contributed by atoms with van der Waals surface area (Å²) in [7, 11) is 1.69. The second kappa shape index (κ2) is 12.3. The Morgan fingerprint density at radius 1 is 1.36 bits per heavy atom. The maximum Gasteiger partial charge on any atom is 0.188 e. The van der Waals surface area contributed by atoms with Gasteiger partial charge in [0.15, 0.2) is 5.96 Å². The second-order valence-electron chi connectivity index (χ2n) is 6.10. The van der Waals surface area contributed by atoms with Gasteiger partial charge in [0.1, 0.15) is 5.75 Å². The number of aliphatic imine (C=N–C) groups is 1. The van der Waals surface area contributed by atoms with Crippen molar-refractivity contribution in [2.24, 2.45) is 10.7 Å². The number of hydrogen-bond donors (Lipinski definition) is 2. The van der Waals surface area contributed by atoms with Crippen LogP contribution in [0, 0.1) is 0 Å². The van der Waals surface area contributed by atoms with E-state index in [-0.39, 0.29) is 29.9 Å². The number of benzene rings is 1. The number of halogens is 1. The highest BCUT2D eigenvalue weighted by Crippen LogP contribution is 2.26. The van der Waals surface area contributed by atoms with Crippen molar-refractivity contribution in [1.82, 2.24) is 10.2 Å². The Morgan fingerprint density at radius 2 is 2.08 bits per heavy atom. The lowest BCUT2D eigenvalue weighted by molar-refractivity contribution is 0.0376. The highest BCUT2D eigenvalue weighted by Gasteiger charge is 2.11. The normalized spacial score (nSPS) is 16.8. The Bertz CT molecular complexity index is 522. The molecular weight excluding hydrogens is 431 g/mol. The molecule has 0 aromatic heterocycles. The maximum absolute atomic E-state index is 5.96. The van der Waals surface area contributed by atoms with Crippen LogP contribution in [0.3, 0.4) is 0 Å². The number of morpholine rings is 1. The summed E-state index contributed by atoms with van der Waals surface area (Å²) in [5.41, 5.74) is 7.12. The quantitative estimate of drug-likeness (QED) is 0.268. The van der Waals surface area contributed by atoms with Crippen molar-refractivity contribution in [3.05, 3.63) is 29.8 Å². The first kappa shape index (κ1) is 22.0. The number of nitrogens with zero attached hydrogens (tertiary/aromatic N) is 2. The smallest absolute Gasteiger partial charge is 0.188 e. The molecule has 25 heavy (non-hydrogen) atoms. The lowest BCUT2D eigenvalue weighted by Gasteiger charge is -2.26. The van der Waals surface area contributed by atoms with Crippen LogP contribution in [0.15, 0.2) is 29.3 Å². The number of guanidine groups is 1. The number of rotatable bonds is 8. The van der Waals surface area contributed by atoms with Crippen LogP contribution < -0.4 is 15.8 Å². The Kier molecular flexibility index (Phi) is 10.8. The van der Waals surface area contributed by atoms with Crippen LogP contribution in [-0.2, 0) is 4.74 Å². The summed E-state index contributed by atoms with van der Waals surface area (Å²) in [5.74, 6) is 1.67. The first-order valence-corrected chi connectivity index (χ1v) is 8.67. The van der Waals surface area contributed by atoms with Gasteiger partial charge in [0.05, 0.1) is 20.3 Å². The number of nitrogens with two attached hydrogens (primary N) is 1. The molecule has 3 N–H and O–H groups in total. The highest BCUT2D eigenvalue weighted by atomic mass is 127. The summed E-state index contributed by atoms with van der Waals surface area (Å²) in [6, 6.07) is 8.04. The van der Waals surface area contributed by atoms with E-state index in [0.717, 1.165) is 57.1 Å². The third-order valence-corrected chi connectivity index (χ3v) is 4.27. The summed E-state index contributed by atoms with van der Waals surface area (Å²) in [6.45, 7) is 8.43. The van der Waals surface area contributed by atoms with Gasteiger partial charge in [-0.1, -0.05) is 25.1 Å². The minimum atomic E-state index is 0. The average molecular weight is 462 g/mol. The zero-order valence-corrected chi connectivity index (χ0v) is 17.6. The zero-order chi connectivity index (χ0) is 17.2. The molecule has 1 aromatic carbocycles. The highest BCUT2D eigenvalue weighted by molar-refractivity contribution is 14.0. The van der Waals surface area contributed by atoms with E-state index < -0.39 is 0 Å². The molecule has 1 aliphatic heterocycles. The fraction of sp³-hybridized carbons (Fsp3) is 0.611. The van der Waals surface area contributed by atoms with Crippen LogP contribution in [-0.4, -0.2) is 63.9 Å². The number of nitrogens with one attached hydrogen (secondary N) is 1. The van der Waals surface area contributed by atoms with Crippen LogP contribution in [0.4, 0.5) is 0 Å². The number of ether oxygens (including phenoxy) is 2.